The molecule has 1 amide bonds. The highest BCUT2D eigenvalue weighted by molar-refractivity contribution is 7.92. The number of sulfonamides is 1. The highest BCUT2D eigenvalue weighted by Crippen LogP contribution is 2.28. The Morgan fingerprint density at radius 3 is 2.39 bits per heavy atom. The summed E-state index contributed by atoms with van der Waals surface area (Å²) in [7, 11) is -0.931. The quantitative estimate of drug-likeness (QED) is 0.534. The first-order valence-corrected chi connectivity index (χ1v) is 10.7. The fourth-order valence-corrected chi connectivity index (χ4v) is 3.10. The standard InChI is InChI=1S/C21H24N2O7S/c1-15-4-6-16(7-5-15)10-11-31(26,27)22-13-21(25)30-14-20(24)23-18-12-17(28-2)8-9-19(18)29-3/h4-12,22H,13-14H2,1-3H3,(H,23,24)/b11-10+. The Kier molecular flexibility index (Phi) is 8.59. The molecule has 9 nitrogen and oxygen atoms in total. The number of amides is 1. The Balaban J connectivity index is 1.82. The van der Waals surface area contributed by atoms with Gasteiger partial charge in [0.2, 0.25) is 10.0 Å². The molecule has 0 saturated carbocycles. The van der Waals surface area contributed by atoms with E-state index in [9.17, 15) is 18.0 Å². The summed E-state index contributed by atoms with van der Waals surface area (Å²) in [6, 6.07) is 12.1. The van der Waals surface area contributed by atoms with E-state index in [1.165, 1.54) is 20.3 Å². The summed E-state index contributed by atoms with van der Waals surface area (Å²) in [5.41, 5.74) is 2.09. The normalized spacial score (nSPS) is 11.2. The van der Waals surface area contributed by atoms with Gasteiger partial charge in [0, 0.05) is 11.5 Å². The maximum absolute atomic E-state index is 12.0. The number of nitrogens with one attached hydrogen (secondary N) is 2. The molecule has 0 aromatic heterocycles. The minimum atomic E-state index is -3.85. The summed E-state index contributed by atoms with van der Waals surface area (Å²) in [5.74, 6) is -0.628. The van der Waals surface area contributed by atoms with Crippen molar-refractivity contribution in [2.75, 3.05) is 32.7 Å². The summed E-state index contributed by atoms with van der Waals surface area (Å²) in [6.45, 7) is 0.710. The average Bonchev–Trinajstić information content (AvgIpc) is 2.76. The van der Waals surface area contributed by atoms with Crippen LogP contribution in [-0.2, 0) is 24.3 Å². The fraction of sp³-hybridized carbons (Fsp3) is 0.238. The molecule has 0 aliphatic carbocycles. The molecule has 166 valence electrons. The van der Waals surface area contributed by atoms with E-state index in [0.717, 1.165) is 11.0 Å². The predicted molar refractivity (Wildman–Crippen MR) is 116 cm³/mol. The van der Waals surface area contributed by atoms with Crippen molar-refractivity contribution >= 4 is 33.7 Å². The van der Waals surface area contributed by atoms with E-state index in [2.05, 4.69) is 10.0 Å². The first-order valence-electron chi connectivity index (χ1n) is 9.14. The van der Waals surface area contributed by atoms with Crippen LogP contribution in [0, 0.1) is 6.92 Å². The van der Waals surface area contributed by atoms with Gasteiger partial charge >= 0.3 is 5.97 Å². The summed E-state index contributed by atoms with van der Waals surface area (Å²) in [5, 5.41) is 3.49. The second-order valence-corrected chi connectivity index (χ2v) is 8.01. The van der Waals surface area contributed by atoms with Gasteiger partial charge in [-0.2, -0.15) is 0 Å². The Morgan fingerprint density at radius 2 is 1.74 bits per heavy atom. The van der Waals surface area contributed by atoms with Gasteiger partial charge in [-0.25, -0.2) is 13.1 Å². The number of carbonyl (C=O) groups is 2. The lowest BCUT2D eigenvalue weighted by atomic mass is 10.2. The molecule has 2 N–H and O–H groups in total. The van der Waals surface area contributed by atoms with E-state index in [-0.39, 0.29) is 0 Å². The van der Waals surface area contributed by atoms with Crippen molar-refractivity contribution in [1.29, 1.82) is 0 Å². The Labute approximate surface area is 181 Å². The molecule has 0 spiro atoms. The third-order valence-electron chi connectivity index (χ3n) is 3.98. The number of methoxy groups -OCH3 is 2. The van der Waals surface area contributed by atoms with E-state index in [4.69, 9.17) is 14.2 Å². The Hall–Kier alpha value is -3.37. The van der Waals surface area contributed by atoms with E-state index in [0.29, 0.717) is 22.7 Å². The number of aryl methyl sites for hydroxylation is 1. The molecule has 2 aromatic rings. The predicted octanol–water partition coefficient (Wildman–Crippen LogP) is 2.08. The molecule has 0 heterocycles. The number of hydrogen-bond acceptors (Lipinski definition) is 7. The monoisotopic (exact) mass is 448 g/mol. The van der Waals surface area contributed by atoms with Gasteiger partial charge in [0.25, 0.3) is 5.91 Å². The first kappa shape index (κ1) is 23.9. The van der Waals surface area contributed by atoms with E-state index in [1.54, 1.807) is 30.3 Å². The van der Waals surface area contributed by atoms with Crippen LogP contribution in [-0.4, -0.2) is 47.7 Å². The SMILES string of the molecule is COc1ccc(OC)c(NC(=O)COC(=O)CNS(=O)(=O)/C=C/c2ccc(C)cc2)c1. The largest absolute Gasteiger partial charge is 0.497 e. The van der Waals surface area contributed by atoms with Gasteiger partial charge in [-0.05, 0) is 30.7 Å². The molecule has 0 unspecified atom stereocenters. The van der Waals surface area contributed by atoms with Crippen molar-refractivity contribution in [2.45, 2.75) is 6.92 Å². The van der Waals surface area contributed by atoms with Crippen molar-refractivity contribution in [3.63, 3.8) is 0 Å². The van der Waals surface area contributed by atoms with Gasteiger partial charge in [0.15, 0.2) is 6.61 Å². The van der Waals surface area contributed by atoms with Crippen LogP contribution in [0.15, 0.2) is 47.9 Å². The minimum absolute atomic E-state index is 0.338. The molecule has 0 fully saturated rings. The van der Waals surface area contributed by atoms with Crippen molar-refractivity contribution in [3.05, 3.63) is 59.0 Å². The maximum atomic E-state index is 12.0. The number of benzene rings is 2. The maximum Gasteiger partial charge on any atom is 0.321 e. The number of carbonyl (C=O) groups excluding carboxylic acids is 2. The molecule has 0 aliphatic rings. The summed E-state index contributed by atoms with van der Waals surface area (Å²) >= 11 is 0. The second-order valence-electron chi connectivity index (χ2n) is 6.35. The number of rotatable bonds is 10. The van der Waals surface area contributed by atoms with Gasteiger partial charge in [0.05, 0.1) is 19.9 Å². The lowest BCUT2D eigenvalue weighted by Gasteiger charge is -2.12. The molecule has 2 aromatic carbocycles. The summed E-state index contributed by atoms with van der Waals surface area (Å²) in [4.78, 5) is 23.8. The van der Waals surface area contributed by atoms with Gasteiger partial charge in [-0.3, -0.25) is 9.59 Å². The number of esters is 1. The smallest absolute Gasteiger partial charge is 0.321 e. The molecule has 0 atom stereocenters. The highest BCUT2D eigenvalue weighted by atomic mass is 32.2. The third-order valence-corrected chi connectivity index (χ3v) is 5.02. The van der Waals surface area contributed by atoms with Crippen molar-refractivity contribution in [1.82, 2.24) is 4.72 Å². The Bertz CT molecular complexity index is 1050. The topological polar surface area (TPSA) is 120 Å². The third kappa shape index (κ3) is 8.11. The van der Waals surface area contributed by atoms with Crippen LogP contribution in [0.25, 0.3) is 6.08 Å². The summed E-state index contributed by atoms with van der Waals surface area (Å²) < 4.78 is 41.1. The van der Waals surface area contributed by atoms with Crippen LogP contribution >= 0.6 is 0 Å². The van der Waals surface area contributed by atoms with Gasteiger partial charge in [0.1, 0.15) is 18.0 Å². The second kappa shape index (κ2) is 11.1. The van der Waals surface area contributed by atoms with E-state index >= 15 is 0 Å². The van der Waals surface area contributed by atoms with Crippen molar-refractivity contribution in [3.8, 4) is 11.5 Å². The van der Waals surface area contributed by atoms with Crippen LogP contribution in [0.4, 0.5) is 5.69 Å². The zero-order valence-electron chi connectivity index (χ0n) is 17.4. The number of anilines is 1. The zero-order chi connectivity index (χ0) is 22.9. The van der Waals surface area contributed by atoms with Crippen LogP contribution < -0.4 is 19.5 Å². The average molecular weight is 448 g/mol. The number of ether oxygens (including phenoxy) is 3. The van der Waals surface area contributed by atoms with E-state index in [1.807, 2.05) is 19.1 Å². The first-order chi connectivity index (χ1) is 14.7. The Morgan fingerprint density at radius 1 is 1.03 bits per heavy atom. The van der Waals surface area contributed by atoms with Crippen LogP contribution in [0.3, 0.4) is 0 Å². The van der Waals surface area contributed by atoms with Crippen LogP contribution in [0.1, 0.15) is 11.1 Å². The molecule has 2 rings (SSSR count). The van der Waals surface area contributed by atoms with E-state index < -0.39 is 35.1 Å². The molecule has 0 bridgehead atoms. The van der Waals surface area contributed by atoms with Crippen molar-refractivity contribution < 1.29 is 32.2 Å². The molecule has 0 aliphatic heterocycles. The fourth-order valence-electron chi connectivity index (χ4n) is 2.35. The molecule has 0 radical (unpaired) electrons. The van der Waals surface area contributed by atoms with Crippen LogP contribution in [0.5, 0.6) is 11.5 Å². The van der Waals surface area contributed by atoms with Crippen LogP contribution in [0.2, 0.25) is 0 Å². The molecule has 10 heteroatoms. The summed E-state index contributed by atoms with van der Waals surface area (Å²) in [6.07, 6.45) is 1.40. The lowest BCUT2D eigenvalue weighted by molar-refractivity contribution is -0.146. The zero-order valence-corrected chi connectivity index (χ0v) is 18.2. The molecular formula is C21H24N2O7S. The van der Waals surface area contributed by atoms with Crippen molar-refractivity contribution in [2.24, 2.45) is 0 Å². The molecule has 0 saturated heterocycles. The lowest BCUT2D eigenvalue weighted by Crippen LogP contribution is -2.31. The molecular weight excluding hydrogens is 424 g/mol. The number of hydrogen-bond donors (Lipinski definition) is 2. The van der Waals surface area contributed by atoms with Gasteiger partial charge in [-0.15, -0.1) is 0 Å². The highest BCUT2D eigenvalue weighted by Gasteiger charge is 2.13. The van der Waals surface area contributed by atoms with Gasteiger partial charge in [-0.1, -0.05) is 29.8 Å². The molecule has 31 heavy (non-hydrogen) atoms. The van der Waals surface area contributed by atoms with Gasteiger partial charge < -0.3 is 19.5 Å². The minimum Gasteiger partial charge on any atom is -0.497 e.